The number of fused-ring (bicyclic) bond motifs is 1. The van der Waals surface area contributed by atoms with Crippen molar-refractivity contribution in [1.29, 1.82) is 5.26 Å². The highest BCUT2D eigenvalue weighted by Gasteiger charge is 2.10. The van der Waals surface area contributed by atoms with Gasteiger partial charge in [0.25, 0.3) is 0 Å². The van der Waals surface area contributed by atoms with Crippen LogP contribution < -0.4 is 5.73 Å². The molecule has 0 radical (unpaired) electrons. The van der Waals surface area contributed by atoms with Crippen LogP contribution in [0.1, 0.15) is 5.56 Å². The Balaban J connectivity index is 2.15. The molecule has 0 atom stereocenters. The van der Waals surface area contributed by atoms with Gasteiger partial charge >= 0.3 is 0 Å². The van der Waals surface area contributed by atoms with Gasteiger partial charge in [0, 0.05) is 5.39 Å². The van der Waals surface area contributed by atoms with Crippen LogP contribution in [-0.4, -0.2) is 9.97 Å². The summed E-state index contributed by atoms with van der Waals surface area (Å²) in [6, 6.07) is 11.4. The van der Waals surface area contributed by atoms with Gasteiger partial charge in [-0.15, -0.1) is 0 Å². The van der Waals surface area contributed by atoms with Crippen LogP contribution in [0, 0.1) is 11.3 Å². The number of para-hydroxylation sites is 1. The first kappa shape index (κ1) is 10.3. The van der Waals surface area contributed by atoms with Crippen LogP contribution in [0.25, 0.3) is 22.6 Å². The quantitative estimate of drug-likeness (QED) is 0.700. The molecule has 0 bridgehead atoms. The van der Waals surface area contributed by atoms with Crippen LogP contribution in [0.15, 0.2) is 40.9 Å². The zero-order valence-electron chi connectivity index (χ0n) is 9.29. The minimum atomic E-state index is 0.156. The van der Waals surface area contributed by atoms with Crippen molar-refractivity contribution in [2.75, 3.05) is 5.73 Å². The van der Waals surface area contributed by atoms with Crippen molar-refractivity contribution in [3.63, 3.8) is 0 Å². The Morgan fingerprint density at radius 1 is 1.28 bits per heavy atom. The molecule has 3 aromatic rings. The molecule has 1 aromatic carbocycles. The highest BCUT2D eigenvalue weighted by Crippen LogP contribution is 2.25. The second-order valence-corrected chi connectivity index (χ2v) is 3.75. The summed E-state index contributed by atoms with van der Waals surface area (Å²) in [4.78, 5) is 8.13. The lowest BCUT2D eigenvalue weighted by Gasteiger charge is -1.98. The number of nitrogens with two attached hydrogens (primary N) is 1. The van der Waals surface area contributed by atoms with Crippen LogP contribution in [0.5, 0.6) is 0 Å². The number of rotatable bonds is 1. The molecule has 5 nitrogen and oxygen atoms in total. The maximum atomic E-state index is 8.76. The maximum Gasteiger partial charge on any atom is 0.197 e. The van der Waals surface area contributed by atoms with Gasteiger partial charge in [-0.3, -0.25) is 0 Å². The van der Waals surface area contributed by atoms with Crippen LogP contribution >= 0.6 is 0 Å². The number of furan rings is 1. The molecule has 86 valence electrons. The van der Waals surface area contributed by atoms with Gasteiger partial charge in [-0.2, -0.15) is 5.26 Å². The second-order valence-electron chi connectivity index (χ2n) is 3.75. The van der Waals surface area contributed by atoms with Crippen molar-refractivity contribution < 1.29 is 4.42 Å². The fraction of sp³-hybridized carbons (Fsp3) is 0. The van der Waals surface area contributed by atoms with Gasteiger partial charge in [-0.1, -0.05) is 18.2 Å². The Bertz CT molecular complexity index is 737. The number of hydrogen-bond donors (Lipinski definition) is 1. The van der Waals surface area contributed by atoms with Gasteiger partial charge in [-0.25, -0.2) is 9.97 Å². The average Bonchev–Trinajstić information content (AvgIpc) is 2.82. The Hall–Kier alpha value is -2.87. The molecule has 2 heterocycles. The van der Waals surface area contributed by atoms with E-state index in [0.29, 0.717) is 11.6 Å². The van der Waals surface area contributed by atoms with E-state index in [1.807, 2.05) is 36.4 Å². The normalized spacial score (nSPS) is 10.4. The number of nitrogen functional groups attached to an aromatic ring is 1. The fourth-order valence-electron chi connectivity index (χ4n) is 1.69. The standard InChI is InChI=1S/C13H8N4O/c14-6-9-7-16-13(17-12(9)15)11-5-8-3-1-2-4-10(8)18-11/h1-5,7H,(H2,15,16,17). The van der Waals surface area contributed by atoms with Crippen LogP contribution in [0.3, 0.4) is 0 Å². The summed E-state index contributed by atoms with van der Waals surface area (Å²) in [7, 11) is 0. The van der Waals surface area contributed by atoms with Crippen molar-refractivity contribution in [2.24, 2.45) is 0 Å². The predicted molar refractivity (Wildman–Crippen MR) is 66.4 cm³/mol. The molecule has 0 fully saturated rings. The predicted octanol–water partition coefficient (Wildman–Crippen LogP) is 2.34. The molecule has 0 aliphatic carbocycles. The first-order chi connectivity index (χ1) is 8.78. The molecule has 5 heteroatoms. The summed E-state index contributed by atoms with van der Waals surface area (Å²) in [6.07, 6.45) is 1.39. The molecule has 0 aliphatic heterocycles. The molecule has 0 amide bonds. The summed E-state index contributed by atoms with van der Waals surface area (Å²) in [5.74, 6) is 1.07. The van der Waals surface area contributed by atoms with E-state index in [4.69, 9.17) is 15.4 Å². The third-order valence-corrected chi connectivity index (χ3v) is 2.58. The molecular formula is C13H8N4O. The molecular weight excluding hydrogens is 228 g/mol. The molecule has 0 unspecified atom stereocenters. The second kappa shape index (κ2) is 3.86. The minimum Gasteiger partial charge on any atom is -0.453 e. The van der Waals surface area contributed by atoms with Gasteiger partial charge in [0.2, 0.25) is 0 Å². The summed E-state index contributed by atoms with van der Waals surface area (Å²) in [5.41, 5.74) is 6.67. The molecule has 2 N–H and O–H groups in total. The zero-order chi connectivity index (χ0) is 12.5. The van der Waals surface area contributed by atoms with Crippen molar-refractivity contribution in [3.8, 4) is 17.7 Å². The maximum absolute atomic E-state index is 8.76. The van der Waals surface area contributed by atoms with E-state index in [9.17, 15) is 0 Å². The van der Waals surface area contributed by atoms with E-state index < -0.39 is 0 Å². The van der Waals surface area contributed by atoms with Crippen LogP contribution in [-0.2, 0) is 0 Å². The molecule has 2 aromatic heterocycles. The Kier molecular flexibility index (Phi) is 2.21. The summed E-state index contributed by atoms with van der Waals surface area (Å²) >= 11 is 0. The minimum absolute atomic E-state index is 0.156. The summed E-state index contributed by atoms with van der Waals surface area (Å²) in [6.45, 7) is 0. The largest absolute Gasteiger partial charge is 0.453 e. The summed E-state index contributed by atoms with van der Waals surface area (Å²) < 4.78 is 5.62. The summed E-state index contributed by atoms with van der Waals surface area (Å²) in [5, 5.41) is 9.73. The number of benzene rings is 1. The third-order valence-electron chi connectivity index (χ3n) is 2.58. The van der Waals surface area contributed by atoms with Gasteiger partial charge < -0.3 is 10.2 Å². The van der Waals surface area contributed by atoms with E-state index in [1.54, 1.807) is 0 Å². The highest BCUT2D eigenvalue weighted by atomic mass is 16.3. The Morgan fingerprint density at radius 2 is 2.11 bits per heavy atom. The highest BCUT2D eigenvalue weighted by molar-refractivity contribution is 5.81. The number of nitrogens with zero attached hydrogens (tertiary/aromatic N) is 3. The SMILES string of the molecule is N#Cc1cnc(-c2cc3ccccc3o2)nc1N. The van der Waals surface area contributed by atoms with Crippen LogP contribution in [0.4, 0.5) is 5.82 Å². The van der Waals surface area contributed by atoms with E-state index in [1.165, 1.54) is 6.20 Å². The lowest BCUT2D eigenvalue weighted by atomic mass is 10.2. The molecule has 3 rings (SSSR count). The lowest BCUT2D eigenvalue weighted by Crippen LogP contribution is -1.98. The Morgan fingerprint density at radius 3 is 2.83 bits per heavy atom. The average molecular weight is 236 g/mol. The monoisotopic (exact) mass is 236 g/mol. The zero-order valence-corrected chi connectivity index (χ0v) is 9.29. The molecule has 0 spiro atoms. The van der Waals surface area contributed by atoms with E-state index in [0.717, 1.165) is 11.0 Å². The van der Waals surface area contributed by atoms with E-state index in [2.05, 4.69) is 9.97 Å². The van der Waals surface area contributed by atoms with Crippen molar-refractivity contribution in [2.45, 2.75) is 0 Å². The van der Waals surface area contributed by atoms with E-state index >= 15 is 0 Å². The van der Waals surface area contributed by atoms with Crippen molar-refractivity contribution in [1.82, 2.24) is 9.97 Å². The Labute approximate surface area is 103 Å². The first-order valence-corrected chi connectivity index (χ1v) is 5.29. The molecule has 0 saturated heterocycles. The van der Waals surface area contributed by atoms with Gasteiger partial charge in [0.15, 0.2) is 11.6 Å². The van der Waals surface area contributed by atoms with E-state index in [-0.39, 0.29) is 11.4 Å². The van der Waals surface area contributed by atoms with Crippen LogP contribution in [0.2, 0.25) is 0 Å². The van der Waals surface area contributed by atoms with Gasteiger partial charge in [0.1, 0.15) is 23.0 Å². The third kappa shape index (κ3) is 1.57. The number of aromatic nitrogens is 2. The number of nitriles is 1. The van der Waals surface area contributed by atoms with Crippen molar-refractivity contribution >= 4 is 16.8 Å². The molecule has 0 saturated carbocycles. The topological polar surface area (TPSA) is 88.7 Å². The number of hydrogen-bond acceptors (Lipinski definition) is 5. The van der Waals surface area contributed by atoms with Gasteiger partial charge in [0.05, 0.1) is 6.20 Å². The van der Waals surface area contributed by atoms with Crippen molar-refractivity contribution in [3.05, 3.63) is 42.1 Å². The lowest BCUT2D eigenvalue weighted by molar-refractivity contribution is 0.625. The first-order valence-electron chi connectivity index (χ1n) is 5.29. The number of anilines is 1. The fourth-order valence-corrected chi connectivity index (χ4v) is 1.69. The molecule has 0 aliphatic rings. The van der Waals surface area contributed by atoms with Gasteiger partial charge in [-0.05, 0) is 12.1 Å². The molecule has 18 heavy (non-hydrogen) atoms. The smallest absolute Gasteiger partial charge is 0.197 e.